The van der Waals surface area contributed by atoms with Crippen molar-refractivity contribution in [1.82, 2.24) is 10.2 Å². The number of benzene rings is 4. The van der Waals surface area contributed by atoms with Gasteiger partial charge in [-0.1, -0.05) is 89.9 Å². The van der Waals surface area contributed by atoms with E-state index >= 15 is 0 Å². The van der Waals surface area contributed by atoms with Crippen molar-refractivity contribution in [2.75, 3.05) is 17.4 Å². The van der Waals surface area contributed by atoms with Gasteiger partial charge in [0.15, 0.2) is 0 Å². The molecule has 2 amide bonds. The summed E-state index contributed by atoms with van der Waals surface area (Å²) in [6, 6.07) is 27.1. The first-order valence-electron chi connectivity index (χ1n) is 14.6. The highest BCUT2D eigenvalue weighted by atomic mass is 79.9. The lowest BCUT2D eigenvalue weighted by Gasteiger charge is -2.34. The highest BCUT2D eigenvalue weighted by Crippen LogP contribution is 2.26. The first kappa shape index (κ1) is 33.9. The van der Waals surface area contributed by atoms with Crippen LogP contribution in [-0.2, 0) is 32.6 Å². The predicted octanol–water partition coefficient (Wildman–Crippen LogP) is 6.50. The second kappa shape index (κ2) is 15.3. The van der Waals surface area contributed by atoms with E-state index in [1.54, 1.807) is 24.3 Å². The minimum atomic E-state index is -4.31. The molecule has 4 aromatic rings. The van der Waals surface area contributed by atoms with E-state index in [9.17, 15) is 22.4 Å². The molecule has 0 unspecified atom stereocenters. The Morgan fingerprint density at radius 3 is 2.13 bits per heavy atom. The van der Waals surface area contributed by atoms with Gasteiger partial charge in [0.1, 0.15) is 18.4 Å². The molecular weight excluding hydrogens is 657 g/mol. The monoisotopic (exact) mass is 693 g/mol. The minimum absolute atomic E-state index is 0.0587. The maximum Gasteiger partial charge on any atom is 0.264 e. The van der Waals surface area contributed by atoms with Crippen LogP contribution in [0.5, 0.6) is 0 Å². The van der Waals surface area contributed by atoms with Crippen LogP contribution in [0.3, 0.4) is 0 Å². The van der Waals surface area contributed by atoms with Crippen LogP contribution < -0.4 is 9.62 Å². The number of nitrogens with zero attached hydrogens (tertiary/aromatic N) is 2. The summed E-state index contributed by atoms with van der Waals surface area (Å²) < 4.78 is 43.6. The molecule has 0 bridgehead atoms. The van der Waals surface area contributed by atoms with E-state index in [0.29, 0.717) is 6.54 Å². The maximum atomic E-state index is 14.5. The summed E-state index contributed by atoms with van der Waals surface area (Å²) >= 11 is 3.49. The van der Waals surface area contributed by atoms with E-state index in [4.69, 9.17) is 0 Å². The van der Waals surface area contributed by atoms with Crippen LogP contribution in [0.2, 0.25) is 0 Å². The number of halogens is 2. The zero-order valence-corrected chi connectivity index (χ0v) is 27.9. The number of nitrogens with one attached hydrogen (secondary N) is 1. The lowest BCUT2D eigenvalue weighted by molar-refractivity contribution is -0.140. The van der Waals surface area contributed by atoms with Crippen LogP contribution >= 0.6 is 15.9 Å². The number of carbonyl (C=O) groups is 2. The van der Waals surface area contributed by atoms with Crippen molar-refractivity contribution in [3.05, 3.63) is 130 Å². The zero-order chi connectivity index (χ0) is 32.6. The summed E-state index contributed by atoms with van der Waals surface area (Å²) in [5.41, 5.74) is 2.79. The van der Waals surface area contributed by atoms with Crippen LogP contribution in [0.15, 0.2) is 112 Å². The van der Waals surface area contributed by atoms with E-state index in [2.05, 4.69) is 21.2 Å². The summed E-state index contributed by atoms with van der Waals surface area (Å²) in [6.45, 7) is 5.73. The van der Waals surface area contributed by atoms with Crippen LogP contribution in [-0.4, -0.2) is 44.3 Å². The summed E-state index contributed by atoms with van der Waals surface area (Å²) in [6.07, 6.45) is 0.222. The van der Waals surface area contributed by atoms with Crippen molar-refractivity contribution in [2.45, 2.75) is 44.7 Å². The fourth-order valence-electron chi connectivity index (χ4n) is 4.78. The summed E-state index contributed by atoms with van der Waals surface area (Å²) in [7, 11) is -4.31. The second-order valence-corrected chi connectivity index (χ2v) is 14.1. The summed E-state index contributed by atoms with van der Waals surface area (Å²) in [5.74, 6) is -1.30. The van der Waals surface area contributed by atoms with Gasteiger partial charge in [-0.05, 0) is 72.5 Å². The maximum absolute atomic E-state index is 14.5. The molecule has 45 heavy (non-hydrogen) atoms. The molecule has 0 spiro atoms. The van der Waals surface area contributed by atoms with Gasteiger partial charge in [0, 0.05) is 24.0 Å². The number of anilines is 1. The zero-order valence-electron chi connectivity index (χ0n) is 25.5. The molecule has 7 nitrogen and oxygen atoms in total. The molecule has 0 radical (unpaired) electrons. The lowest BCUT2D eigenvalue weighted by Crippen LogP contribution is -2.53. The lowest BCUT2D eigenvalue weighted by atomic mass is 10.0. The first-order chi connectivity index (χ1) is 21.4. The number of amides is 2. The van der Waals surface area contributed by atoms with Crippen molar-refractivity contribution in [3.63, 3.8) is 0 Å². The topological polar surface area (TPSA) is 86.8 Å². The van der Waals surface area contributed by atoms with Crippen molar-refractivity contribution < 1.29 is 22.4 Å². The average molecular weight is 695 g/mol. The Kier molecular flexibility index (Phi) is 11.5. The van der Waals surface area contributed by atoms with E-state index in [1.807, 2.05) is 75.4 Å². The largest absolute Gasteiger partial charge is 0.354 e. The van der Waals surface area contributed by atoms with Crippen molar-refractivity contribution >= 4 is 43.5 Å². The van der Waals surface area contributed by atoms with Gasteiger partial charge in [-0.2, -0.15) is 0 Å². The van der Waals surface area contributed by atoms with Crippen LogP contribution in [0.1, 0.15) is 30.5 Å². The van der Waals surface area contributed by atoms with Gasteiger partial charge in [0.05, 0.1) is 10.6 Å². The fraction of sp³-hybridized carbons (Fsp3) is 0.257. The van der Waals surface area contributed by atoms with Gasteiger partial charge in [-0.15, -0.1) is 0 Å². The standard InChI is InChI=1S/C35H37BrFN3O4S/c1-25(2)22-38-35(42)33(21-27-8-5-4-6-9-27)39(23-28-10-7-11-29(36)20-28)34(41)24-40(31-16-12-26(3)13-17-31)45(43,44)32-18-14-30(37)15-19-32/h4-20,25,33H,21-24H2,1-3H3,(H,38,42)/t33-/m1/s1. The molecule has 1 N–H and O–H groups in total. The molecule has 0 saturated heterocycles. The third-order valence-electron chi connectivity index (χ3n) is 7.20. The van der Waals surface area contributed by atoms with Crippen LogP contribution in [0.25, 0.3) is 0 Å². The number of hydrogen-bond donors (Lipinski definition) is 1. The molecule has 236 valence electrons. The number of hydrogen-bond acceptors (Lipinski definition) is 4. The molecular formula is C35H37BrFN3O4S. The molecule has 1 atom stereocenters. The smallest absolute Gasteiger partial charge is 0.264 e. The fourth-order valence-corrected chi connectivity index (χ4v) is 6.64. The van der Waals surface area contributed by atoms with Gasteiger partial charge < -0.3 is 10.2 Å². The second-order valence-electron chi connectivity index (χ2n) is 11.3. The predicted molar refractivity (Wildman–Crippen MR) is 179 cm³/mol. The van der Waals surface area contributed by atoms with Gasteiger partial charge in [0.2, 0.25) is 11.8 Å². The number of rotatable bonds is 13. The van der Waals surface area contributed by atoms with Crippen LogP contribution in [0.4, 0.5) is 10.1 Å². The first-order valence-corrected chi connectivity index (χ1v) is 16.9. The Labute approximate surface area is 273 Å². The normalized spacial score (nSPS) is 12.0. The Balaban J connectivity index is 1.79. The SMILES string of the molecule is Cc1ccc(N(CC(=O)N(Cc2cccc(Br)c2)[C@H](Cc2ccccc2)C(=O)NCC(C)C)S(=O)(=O)c2ccc(F)cc2)cc1. The van der Waals surface area contributed by atoms with Crippen LogP contribution in [0, 0.1) is 18.7 Å². The number of aryl methyl sites for hydroxylation is 1. The van der Waals surface area contributed by atoms with E-state index < -0.39 is 34.3 Å². The molecule has 4 aromatic carbocycles. The van der Waals surface area contributed by atoms with Gasteiger partial charge >= 0.3 is 0 Å². The Bertz CT molecular complexity index is 1700. The average Bonchev–Trinajstić information content (AvgIpc) is 3.01. The van der Waals surface area contributed by atoms with Crippen molar-refractivity contribution in [1.29, 1.82) is 0 Å². The molecule has 0 aliphatic carbocycles. The molecule has 0 saturated carbocycles. The third kappa shape index (κ3) is 9.25. The number of carbonyl (C=O) groups excluding carboxylic acids is 2. The molecule has 4 rings (SSSR count). The molecule has 0 heterocycles. The Morgan fingerprint density at radius 1 is 0.867 bits per heavy atom. The van der Waals surface area contributed by atoms with Gasteiger partial charge in [-0.3, -0.25) is 13.9 Å². The minimum Gasteiger partial charge on any atom is -0.354 e. The Morgan fingerprint density at radius 2 is 1.51 bits per heavy atom. The molecule has 0 aliphatic heterocycles. The highest BCUT2D eigenvalue weighted by Gasteiger charge is 2.34. The van der Waals surface area contributed by atoms with Crippen molar-refractivity contribution in [3.8, 4) is 0 Å². The van der Waals surface area contributed by atoms with E-state index in [1.165, 1.54) is 17.0 Å². The molecule has 0 aromatic heterocycles. The van der Waals surface area contributed by atoms with Gasteiger partial charge in [0.25, 0.3) is 10.0 Å². The van der Waals surface area contributed by atoms with Crippen molar-refractivity contribution in [2.24, 2.45) is 5.92 Å². The van der Waals surface area contributed by atoms with E-state index in [-0.39, 0.29) is 35.4 Å². The summed E-state index contributed by atoms with van der Waals surface area (Å²) in [5, 5.41) is 2.98. The third-order valence-corrected chi connectivity index (χ3v) is 9.48. The van der Waals surface area contributed by atoms with E-state index in [0.717, 1.165) is 37.6 Å². The quantitative estimate of drug-likeness (QED) is 0.173. The molecule has 0 aliphatic rings. The Hall–Kier alpha value is -4.02. The molecule has 0 fully saturated rings. The molecule has 10 heteroatoms. The summed E-state index contributed by atoms with van der Waals surface area (Å²) in [4.78, 5) is 29.6. The van der Waals surface area contributed by atoms with Gasteiger partial charge in [-0.25, -0.2) is 12.8 Å². The number of sulfonamides is 1. The highest BCUT2D eigenvalue weighted by molar-refractivity contribution is 9.10.